The number of hydrogen-bond donors (Lipinski definition) is 2. The molecular weight excluding hydrogens is 741 g/mol. The van der Waals surface area contributed by atoms with Crippen molar-refractivity contribution in [1.82, 2.24) is 0 Å². The van der Waals surface area contributed by atoms with Gasteiger partial charge in [0, 0.05) is 19.3 Å². The van der Waals surface area contributed by atoms with E-state index in [0.717, 1.165) is 86.9 Å². The van der Waals surface area contributed by atoms with E-state index in [2.05, 4.69) is 45.1 Å². The molecule has 2 aliphatic rings. The molecule has 0 radical (unpaired) electrons. The zero-order valence-corrected chi connectivity index (χ0v) is 40.0. The largest absolute Gasteiger partial charge is 0.481 e. The average molecular weight is 839 g/mol. The molecule has 0 aliphatic heterocycles. The molecule has 0 heterocycles. The molecule has 1 saturated carbocycles. The summed E-state index contributed by atoms with van der Waals surface area (Å²) in [7, 11) is 0. The Morgan fingerprint density at radius 2 is 0.783 bits per heavy atom. The third-order valence-corrected chi connectivity index (χ3v) is 14.9. The molecular formula is C55H98O5. The molecule has 0 bridgehead atoms. The first kappa shape index (κ1) is 54.2. The van der Waals surface area contributed by atoms with Crippen LogP contribution >= 0.6 is 0 Å². The number of fused-ring (bicyclic) bond motifs is 1. The van der Waals surface area contributed by atoms with Crippen LogP contribution in [0.3, 0.4) is 0 Å². The van der Waals surface area contributed by atoms with Crippen molar-refractivity contribution in [3.63, 3.8) is 0 Å². The quantitative estimate of drug-likeness (QED) is 0.0474. The summed E-state index contributed by atoms with van der Waals surface area (Å²) in [5.41, 5.74) is 0. The maximum Gasteiger partial charge on any atom is 0.303 e. The predicted molar refractivity (Wildman–Crippen MR) is 255 cm³/mol. The van der Waals surface area contributed by atoms with Gasteiger partial charge in [0.1, 0.15) is 5.78 Å². The van der Waals surface area contributed by atoms with Crippen molar-refractivity contribution in [3.05, 3.63) is 24.3 Å². The fourth-order valence-corrected chi connectivity index (χ4v) is 11.8. The van der Waals surface area contributed by atoms with Crippen LogP contribution in [-0.2, 0) is 14.4 Å². The van der Waals surface area contributed by atoms with Gasteiger partial charge >= 0.3 is 11.9 Å². The molecule has 60 heavy (non-hydrogen) atoms. The molecule has 0 aromatic rings. The molecule has 2 rings (SSSR count). The van der Waals surface area contributed by atoms with Crippen molar-refractivity contribution < 1.29 is 24.6 Å². The molecule has 0 aromatic heterocycles. The first-order chi connectivity index (χ1) is 29.2. The van der Waals surface area contributed by atoms with E-state index in [1.165, 1.54) is 167 Å². The van der Waals surface area contributed by atoms with Crippen LogP contribution in [0, 0.1) is 47.3 Å². The van der Waals surface area contributed by atoms with Gasteiger partial charge in [-0.05, 0) is 125 Å². The van der Waals surface area contributed by atoms with Gasteiger partial charge in [0.15, 0.2) is 0 Å². The minimum absolute atomic E-state index is 0.294. The molecule has 5 nitrogen and oxygen atoms in total. The van der Waals surface area contributed by atoms with Crippen LogP contribution < -0.4 is 0 Å². The summed E-state index contributed by atoms with van der Waals surface area (Å²) in [6.45, 7) is 8.72. The summed E-state index contributed by atoms with van der Waals surface area (Å²) in [4.78, 5) is 34.0. The topological polar surface area (TPSA) is 91.7 Å². The van der Waals surface area contributed by atoms with E-state index >= 15 is 0 Å². The van der Waals surface area contributed by atoms with Crippen molar-refractivity contribution in [3.8, 4) is 0 Å². The second-order valence-electron chi connectivity index (χ2n) is 19.8. The van der Waals surface area contributed by atoms with Crippen molar-refractivity contribution in [2.75, 3.05) is 0 Å². The molecule has 0 aromatic carbocycles. The minimum Gasteiger partial charge on any atom is -0.481 e. The van der Waals surface area contributed by atoms with Crippen molar-refractivity contribution in [2.45, 2.75) is 259 Å². The van der Waals surface area contributed by atoms with Gasteiger partial charge in [-0.3, -0.25) is 9.59 Å². The van der Waals surface area contributed by atoms with Crippen LogP contribution in [0.5, 0.6) is 0 Å². The van der Waals surface area contributed by atoms with Gasteiger partial charge in [-0.15, -0.1) is 0 Å². The van der Waals surface area contributed by atoms with Gasteiger partial charge in [-0.25, -0.2) is 0 Å². The summed E-state index contributed by atoms with van der Waals surface area (Å²) in [6, 6.07) is 0. The van der Waals surface area contributed by atoms with Crippen LogP contribution in [-0.4, -0.2) is 27.9 Å². The van der Waals surface area contributed by atoms with E-state index in [9.17, 15) is 24.6 Å². The fourth-order valence-electron chi connectivity index (χ4n) is 11.8. The number of allylic oxidation sites excluding steroid dienone is 4. The lowest BCUT2D eigenvalue weighted by atomic mass is 9.47. The third-order valence-electron chi connectivity index (χ3n) is 14.9. The van der Waals surface area contributed by atoms with Gasteiger partial charge in [0.05, 0.1) is 0 Å². The number of aliphatic carboxylic acids is 2. The highest BCUT2D eigenvalue weighted by Crippen LogP contribution is 2.60. The summed E-state index contributed by atoms with van der Waals surface area (Å²) in [6.07, 6.45) is 52.7. The molecule has 5 heteroatoms. The Bertz CT molecular complexity index is 1140. The molecule has 1 fully saturated rings. The monoisotopic (exact) mass is 839 g/mol. The normalized spacial score (nSPS) is 23.9. The van der Waals surface area contributed by atoms with Crippen molar-refractivity contribution >= 4 is 17.7 Å². The standard InChI is InChI=1S/C55H98O5/c1-5-8-11-14-20-29-37-48-49(38-30-21-16-23-32-41-52(57)58)51(40-31-22-17-24-33-42-53(59)60)55-47(36-27-19-15-18-25-34-45(4)56)44-43-46(35-26-12-9-6-2)54(55)50(48)39-28-13-10-7-3/h20,29,43-44,46-51,54-55H,5-19,21-28,30-42H2,1-4H3,(H,57,58)(H,59,60)/b29-20+. The first-order valence-electron chi connectivity index (χ1n) is 26.5. The minimum atomic E-state index is -0.667. The van der Waals surface area contributed by atoms with Crippen LogP contribution in [0.25, 0.3) is 0 Å². The highest BCUT2D eigenvalue weighted by atomic mass is 16.4. The van der Waals surface area contributed by atoms with Crippen molar-refractivity contribution in [2.24, 2.45) is 47.3 Å². The zero-order valence-electron chi connectivity index (χ0n) is 40.0. The number of hydrogen-bond acceptors (Lipinski definition) is 3. The summed E-state index contributed by atoms with van der Waals surface area (Å²) >= 11 is 0. The number of carboxylic acid groups (broad SMARTS) is 2. The number of ketones is 1. The molecule has 0 spiro atoms. The Labute approximate surface area is 371 Å². The smallest absolute Gasteiger partial charge is 0.303 e. The molecule has 2 N–H and O–H groups in total. The Balaban J connectivity index is 2.55. The van der Waals surface area contributed by atoms with Crippen LogP contribution in [0.15, 0.2) is 24.3 Å². The van der Waals surface area contributed by atoms with Gasteiger partial charge in [-0.2, -0.15) is 0 Å². The Morgan fingerprint density at radius 3 is 1.23 bits per heavy atom. The lowest BCUT2D eigenvalue weighted by molar-refractivity contribution is -0.138. The second-order valence-corrected chi connectivity index (χ2v) is 19.8. The summed E-state index contributed by atoms with van der Waals surface area (Å²) in [5, 5.41) is 18.5. The molecule has 2 aliphatic carbocycles. The summed E-state index contributed by atoms with van der Waals surface area (Å²) < 4.78 is 0. The SMILES string of the molecule is CCCCC/C=C/CC1C(CCCCCCCC(=O)O)C(CCCCCCCC(=O)O)C2C(CCCCCCCC(C)=O)C=CC(CCCCCC)C2C1CCCCCC. The lowest BCUT2D eigenvalue weighted by Gasteiger charge is -2.58. The van der Waals surface area contributed by atoms with E-state index < -0.39 is 11.9 Å². The summed E-state index contributed by atoms with van der Waals surface area (Å²) in [5.74, 6) is 4.82. The predicted octanol–water partition coefficient (Wildman–Crippen LogP) is 16.9. The molecule has 8 atom stereocenters. The highest BCUT2D eigenvalue weighted by molar-refractivity contribution is 5.75. The van der Waals surface area contributed by atoms with E-state index in [1.54, 1.807) is 6.92 Å². The van der Waals surface area contributed by atoms with Gasteiger partial charge in [0.2, 0.25) is 0 Å². The van der Waals surface area contributed by atoms with Gasteiger partial charge in [0.25, 0.3) is 0 Å². The fraction of sp³-hybridized carbons (Fsp3) is 0.873. The van der Waals surface area contributed by atoms with Crippen LogP contribution in [0.4, 0.5) is 0 Å². The van der Waals surface area contributed by atoms with Crippen molar-refractivity contribution in [1.29, 1.82) is 0 Å². The third kappa shape index (κ3) is 23.5. The molecule has 8 unspecified atom stereocenters. The molecule has 348 valence electrons. The highest BCUT2D eigenvalue weighted by Gasteiger charge is 2.53. The Kier molecular flexibility index (Phi) is 32.1. The van der Waals surface area contributed by atoms with E-state index in [1.807, 2.05) is 0 Å². The number of rotatable bonds is 40. The maximum absolute atomic E-state index is 11.6. The molecule has 0 saturated heterocycles. The molecule has 0 amide bonds. The Hall–Kier alpha value is -1.91. The van der Waals surface area contributed by atoms with Gasteiger partial charge in [-0.1, -0.05) is 186 Å². The van der Waals surface area contributed by atoms with Crippen LogP contribution in [0.2, 0.25) is 0 Å². The van der Waals surface area contributed by atoms with E-state index in [-0.39, 0.29) is 0 Å². The number of carbonyl (C=O) groups is 3. The number of carbonyl (C=O) groups excluding carboxylic acids is 1. The number of carboxylic acids is 2. The second kappa shape index (κ2) is 35.5. The number of Topliss-reactive ketones (excluding diaryl/α,β-unsaturated/α-hetero) is 1. The lowest BCUT2D eigenvalue weighted by Crippen LogP contribution is -2.52. The van der Waals surface area contributed by atoms with Gasteiger partial charge < -0.3 is 15.0 Å². The maximum atomic E-state index is 11.6. The van der Waals surface area contributed by atoms with Crippen LogP contribution in [0.1, 0.15) is 259 Å². The van der Waals surface area contributed by atoms with E-state index in [4.69, 9.17) is 0 Å². The number of unbranched alkanes of at least 4 members (excludes halogenated alkanes) is 21. The zero-order chi connectivity index (χ0) is 43.6. The first-order valence-corrected chi connectivity index (χ1v) is 26.5. The van der Waals surface area contributed by atoms with E-state index in [0.29, 0.717) is 30.5 Å². The average Bonchev–Trinajstić information content (AvgIpc) is 3.22. The Morgan fingerprint density at radius 1 is 0.417 bits per heavy atom.